The first-order chi connectivity index (χ1) is 20.7. The van der Waals surface area contributed by atoms with Crippen LogP contribution in [0, 0.1) is 0 Å². The van der Waals surface area contributed by atoms with E-state index in [2.05, 4.69) is 50.2 Å². The lowest BCUT2D eigenvalue weighted by atomic mass is 9.78. The fourth-order valence-corrected chi connectivity index (χ4v) is 5.25. The van der Waals surface area contributed by atoms with Crippen molar-refractivity contribution in [3.8, 4) is 11.5 Å². The zero-order valence-electron chi connectivity index (χ0n) is 23.7. The minimum absolute atomic E-state index is 0.244. The summed E-state index contributed by atoms with van der Waals surface area (Å²) in [7, 11) is 0. The molecule has 0 radical (unpaired) electrons. The molecule has 4 aromatic rings. The summed E-state index contributed by atoms with van der Waals surface area (Å²) in [6.07, 6.45) is 5.82. The van der Waals surface area contributed by atoms with Crippen LogP contribution in [0.2, 0.25) is 0 Å². The van der Waals surface area contributed by atoms with Gasteiger partial charge in [0.05, 0.1) is 11.4 Å². The molecule has 7 heteroatoms. The number of carbonyl (C=O) groups is 4. The number of ether oxygens (including phenoxy) is 1. The number of imide groups is 2. The van der Waals surface area contributed by atoms with Gasteiger partial charge in [0.1, 0.15) is 11.5 Å². The van der Waals surface area contributed by atoms with Gasteiger partial charge in [-0.3, -0.25) is 19.2 Å². The van der Waals surface area contributed by atoms with Crippen LogP contribution in [0.1, 0.15) is 36.1 Å². The number of benzene rings is 4. The SMILES string of the molecule is CC(C)(c1ccc(Cc2ccc(N3C(=O)C=CC3=O)cc2)cc1)c1ccc(Oc2ccc(N3C(=O)C=CC3=O)cc2)cc1. The molecule has 0 spiro atoms. The van der Waals surface area contributed by atoms with Gasteiger partial charge in [0, 0.05) is 29.7 Å². The Morgan fingerprint density at radius 2 is 0.814 bits per heavy atom. The van der Waals surface area contributed by atoms with Gasteiger partial charge in [-0.1, -0.05) is 62.4 Å². The van der Waals surface area contributed by atoms with E-state index in [1.165, 1.54) is 29.9 Å². The second-order valence-electron chi connectivity index (χ2n) is 11.0. The summed E-state index contributed by atoms with van der Waals surface area (Å²) in [4.78, 5) is 49.9. The molecule has 0 aliphatic carbocycles. The lowest BCUT2D eigenvalue weighted by Gasteiger charge is -2.26. The van der Waals surface area contributed by atoms with Crippen molar-refractivity contribution in [2.75, 3.05) is 9.80 Å². The fourth-order valence-electron chi connectivity index (χ4n) is 5.25. The van der Waals surface area contributed by atoms with Gasteiger partial charge >= 0.3 is 0 Å². The number of carbonyl (C=O) groups excluding carboxylic acids is 4. The van der Waals surface area contributed by atoms with Gasteiger partial charge in [0.25, 0.3) is 23.6 Å². The number of anilines is 2. The maximum atomic E-state index is 11.9. The molecule has 0 N–H and O–H groups in total. The van der Waals surface area contributed by atoms with Crippen molar-refractivity contribution in [3.63, 3.8) is 0 Å². The summed E-state index contributed by atoms with van der Waals surface area (Å²) in [6, 6.07) is 30.8. The Bertz CT molecular complexity index is 1610. The zero-order chi connectivity index (χ0) is 30.1. The molecule has 2 aliphatic heterocycles. The Labute approximate surface area is 249 Å². The third-order valence-electron chi connectivity index (χ3n) is 7.80. The number of nitrogens with zero attached hydrogens (tertiary/aromatic N) is 2. The van der Waals surface area contributed by atoms with E-state index < -0.39 is 0 Å². The predicted octanol–water partition coefficient (Wildman–Crippen LogP) is 6.25. The Balaban J connectivity index is 1.08. The third-order valence-corrected chi connectivity index (χ3v) is 7.80. The minimum Gasteiger partial charge on any atom is -0.457 e. The van der Waals surface area contributed by atoms with Crippen molar-refractivity contribution in [1.82, 2.24) is 0 Å². The van der Waals surface area contributed by atoms with E-state index in [0.717, 1.165) is 32.9 Å². The van der Waals surface area contributed by atoms with Crippen molar-refractivity contribution < 1.29 is 23.9 Å². The molecule has 2 aliphatic rings. The topological polar surface area (TPSA) is 84.0 Å². The summed E-state index contributed by atoms with van der Waals surface area (Å²) < 4.78 is 6.00. The molecule has 0 aromatic heterocycles. The van der Waals surface area contributed by atoms with Crippen molar-refractivity contribution >= 4 is 35.0 Å². The lowest BCUT2D eigenvalue weighted by molar-refractivity contribution is -0.121. The maximum absolute atomic E-state index is 11.9. The molecule has 0 unspecified atom stereocenters. The molecule has 0 atom stereocenters. The van der Waals surface area contributed by atoms with E-state index in [4.69, 9.17) is 4.74 Å². The molecule has 6 rings (SSSR count). The van der Waals surface area contributed by atoms with E-state index in [1.54, 1.807) is 36.4 Å². The van der Waals surface area contributed by atoms with Crippen molar-refractivity contribution in [2.24, 2.45) is 0 Å². The van der Waals surface area contributed by atoms with E-state index in [9.17, 15) is 19.2 Å². The number of hydrogen-bond donors (Lipinski definition) is 0. The van der Waals surface area contributed by atoms with Crippen molar-refractivity contribution in [1.29, 1.82) is 0 Å². The smallest absolute Gasteiger partial charge is 0.258 e. The summed E-state index contributed by atoms with van der Waals surface area (Å²) >= 11 is 0. The zero-order valence-corrected chi connectivity index (χ0v) is 23.7. The maximum Gasteiger partial charge on any atom is 0.258 e. The Hall–Kier alpha value is -5.56. The molecule has 0 fully saturated rings. The summed E-state index contributed by atoms with van der Waals surface area (Å²) in [5.74, 6) is -0.0733. The van der Waals surface area contributed by atoms with Crippen LogP contribution in [0.3, 0.4) is 0 Å². The molecule has 0 saturated heterocycles. The van der Waals surface area contributed by atoms with Crippen LogP contribution in [0.5, 0.6) is 11.5 Å². The van der Waals surface area contributed by atoms with Gasteiger partial charge in [-0.05, 0) is 77.2 Å². The molecule has 7 nitrogen and oxygen atoms in total. The monoisotopic (exact) mass is 568 g/mol. The Morgan fingerprint density at radius 3 is 1.23 bits per heavy atom. The van der Waals surface area contributed by atoms with Crippen LogP contribution in [0.4, 0.5) is 11.4 Å². The molecule has 4 aromatic carbocycles. The molecular weight excluding hydrogens is 540 g/mol. The summed E-state index contributed by atoms with van der Waals surface area (Å²) in [5, 5.41) is 0. The van der Waals surface area contributed by atoms with Crippen LogP contribution in [0.15, 0.2) is 121 Å². The van der Waals surface area contributed by atoms with Crippen molar-refractivity contribution in [2.45, 2.75) is 25.7 Å². The highest BCUT2D eigenvalue weighted by Crippen LogP contribution is 2.34. The predicted molar refractivity (Wildman–Crippen MR) is 164 cm³/mol. The van der Waals surface area contributed by atoms with Crippen LogP contribution in [0.25, 0.3) is 0 Å². The summed E-state index contributed by atoms with van der Waals surface area (Å²) in [6.45, 7) is 4.36. The highest BCUT2D eigenvalue weighted by molar-refractivity contribution is 6.28. The average molecular weight is 569 g/mol. The summed E-state index contributed by atoms with van der Waals surface area (Å²) in [5.41, 5.74) is 5.38. The number of hydrogen-bond acceptors (Lipinski definition) is 5. The lowest BCUT2D eigenvalue weighted by Crippen LogP contribution is -2.29. The van der Waals surface area contributed by atoms with Gasteiger partial charge in [-0.25, -0.2) is 9.80 Å². The number of rotatable bonds is 8. The first kappa shape index (κ1) is 27.6. The minimum atomic E-state index is -0.355. The average Bonchev–Trinajstić information content (AvgIpc) is 3.53. The van der Waals surface area contributed by atoms with Gasteiger partial charge in [-0.2, -0.15) is 0 Å². The quantitative estimate of drug-likeness (QED) is 0.235. The Morgan fingerprint density at radius 1 is 0.488 bits per heavy atom. The van der Waals surface area contributed by atoms with Gasteiger partial charge in [0.2, 0.25) is 0 Å². The normalized spacial score (nSPS) is 14.7. The molecular formula is C36H28N2O5. The van der Waals surface area contributed by atoms with E-state index in [0.29, 0.717) is 22.9 Å². The molecule has 4 amide bonds. The fraction of sp³-hybridized carbons (Fsp3) is 0.111. The number of amides is 4. The van der Waals surface area contributed by atoms with Crippen LogP contribution >= 0.6 is 0 Å². The van der Waals surface area contributed by atoms with Crippen LogP contribution < -0.4 is 14.5 Å². The largest absolute Gasteiger partial charge is 0.457 e. The van der Waals surface area contributed by atoms with Crippen molar-refractivity contribution in [3.05, 3.63) is 144 Å². The first-order valence-electron chi connectivity index (χ1n) is 13.9. The van der Waals surface area contributed by atoms with Gasteiger partial charge in [0.15, 0.2) is 0 Å². The molecule has 43 heavy (non-hydrogen) atoms. The highest BCUT2D eigenvalue weighted by atomic mass is 16.5. The van der Waals surface area contributed by atoms with E-state index >= 15 is 0 Å². The van der Waals surface area contributed by atoms with Crippen LogP contribution in [-0.4, -0.2) is 23.6 Å². The second-order valence-corrected chi connectivity index (χ2v) is 11.0. The van der Waals surface area contributed by atoms with Gasteiger partial charge in [-0.15, -0.1) is 0 Å². The molecule has 2 heterocycles. The van der Waals surface area contributed by atoms with Crippen LogP contribution in [-0.2, 0) is 31.0 Å². The van der Waals surface area contributed by atoms with E-state index in [-0.39, 0.29) is 29.0 Å². The van der Waals surface area contributed by atoms with E-state index in [1.807, 2.05) is 24.3 Å². The molecule has 0 saturated carbocycles. The third kappa shape index (κ3) is 5.53. The Kier molecular flexibility index (Phi) is 7.08. The standard InChI is InChI=1S/C36H28N2O5/c1-36(2,26-7-3-24(4-8-26)23-25-5-11-28(12-6-25)37-32(39)19-20-33(37)40)27-9-15-30(16-10-27)43-31-17-13-29(14-18-31)38-34(41)21-22-35(38)42/h3-22H,23H2,1-2H3. The molecule has 0 bridgehead atoms. The molecule has 212 valence electrons. The van der Waals surface area contributed by atoms with Gasteiger partial charge < -0.3 is 4.74 Å². The second kappa shape index (κ2) is 11.0. The first-order valence-corrected chi connectivity index (χ1v) is 13.9. The highest BCUT2D eigenvalue weighted by Gasteiger charge is 2.26.